The maximum Gasteiger partial charge on any atom is 0.203 e. The van der Waals surface area contributed by atoms with Gasteiger partial charge in [0.25, 0.3) is 0 Å². The lowest BCUT2D eigenvalue weighted by molar-refractivity contribution is 0.0917. The van der Waals surface area contributed by atoms with Gasteiger partial charge in [-0.05, 0) is 29.8 Å². The predicted octanol–water partition coefficient (Wildman–Crippen LogP) is 2.58. The number of aliphatic hydroxyl groups is 1. The van der Waals surface area contributed by atoms with Gasteiger partial charge in [0.2, 0.25) is 5.78 Å². The van der Waals surface area contributed by atoms with Crippen molar-refractivity contribution in [2.45, 2.75) is 6.61 Å². The molecule has 0 aromatic heterocycles. The van der Waals surface area contributed by atoms with E-state index >= 15 is 0 Å². The van der Waals surface area contributed by atoms with Gasteiger partial charge in [0, 0.05) is 0 Å². The third-order valence-electron chi connectivity index (χ3n) is 2.65. The van der Waals surface area contributed by atoms with Gasteiger partial charge in [0.15, 0.2) is 6.61 Å². The number of Topliss-reactive ketones (excluding diaryl/α,β-unsaturated/α-hetero) is 1. The van der Waals surface area contributed by atoms with Gasteiger partial charge in [-0.15, -0.1) is 0 Å². The molecule has 0 fully saturated rings. The maximum absolute atomic E-state index is 13.4. The number of hydrogen-bond donors (Lipinski definition) is 1. The molecule has 0 saturated heterocycles. The Hall–Kier alpha value is -2.20. The molecule has 0 aliphatic rings. The van der Waals surface area contributed by atoms with E-state index in [2.05, 4.69) is 0 Å². The number of halogens is 1. The molecule has 0 amide bonds. The smallest absolute Gasteiger partial charge is 0.203 e. The first-order valence-electron chi connectivity index (χ1n) is 5.81. The molecule has 0 unspecified atom stereocenters. The molecule has 4 heteroatoms. The van der Waals surface area contributed by atoms with Crippen LogP contribution in [0.3, 0.4) is 0 Å². The highest BCUT2D eigenvalue weighted by Crippen LogP contribution is 2.13. The molecule has 0 aliphatic heterocycles. The van der Waals surface area contributed by atoms with Crippen molar-refractivity contribution in [2.75, 3.05) is 6.61 Å². The maximum atomic E-state index is 13.4. The number of ether oxygens (including phenoxy) is 1. The first-order valence-corrected chi connectivity index (χ1v) is 5.81. The average Bonchev–Trinajstić information content (AvgIpc) is 2.46. The highest BCUT2D eigenvalue weighted by atomic mass is 19.1. The van der Waals surface area contributed by atoms with Crippen molar-refractivity contribution >= 4 is 5.78 Å². The van der Waals surface area contributed by atoms with Crippen molar-refractivity contribution in [2.24, 2.45) is 0 Å². The van der Waals surface area contributed by atoms with Crippen LogP contribution in [0.5, 0.6) is 5.75 Å². The summed E-state index contributed by atoms with van der Waals surface area (Å²) in [5.74, 6) is -0.460. The van der Waals surface area contributed by atoms with Gasteiger partial charge in [-0.3, -0.25) is 4.79 Å². The average molecular weight is 260 g/mol. The van der Waals surface area contributed by atoms with Crippen LogP contribution in [-0.4, -0.2) is 17.5 Å². The second-order valence-electron chi connectivity index (χ2n) is 3.99. The molecule has 0 radical (unpaired) electrons. The molecule has 1 N–H and O–H groups in total. The zero-order valence-electron chi connectivity index (χ0n) is 10.2. The molecule has 3 nitrogen and oxygen atoms in total. The molecular weight excluding hydrogens is 247 g/mol. The van der Waals surface area contributed by atoms with E-state index in [0.29, 0.717) is 5.75 Å². The van der Waals surface area contributed by atoms with Crippen molar-refractivity contribution in [3.63, 3.8) is 0 Å². The monoisotopic (exact) mass is 260 g/mol. The Morgan fingerprint density at radius 2 is 1.79 bits per heavy atom. The molecule has 0 bridgehead atoms. The fourth-order valence-corrected chi connectivity index (χ4v) is 1.61. The van der Waals surface area contributed by atoms with Crippen LogP contribution in [0, 0.1) is 5.82 Å². The van der Waals surface area contributed by atoms with Crippen molar-refractivity contribution in [3.8, 4) is 5.75 Å². The molecule has 0 saturated carbocycles. The Morgan fingerprint density at radius 1 is 1.11 bits per heavy atom. The van der Waals surface area contributed by atoms with Crippen LogP contribution in [-0.2, 0) is 6.61 Å². The zero-order valence-corrected chi connectivity index (χ0v) is 10.2. The van der Waals surface area contributed by atoms with E-state index in [4.69, 9.17) is 9.84 Å². The van der Waals surface area contributed by atoms with Crippen LogP contribution in [0.1, 0.15) is 15.9 Å². The molecule has 0 heterocycles. The van der Waals surface area contributed by atoms with Gasteiger partial charge in [0.1, 0.15) is 11.6 Å². The Kier molecular flexibility index (Phi) is 4.26. The molecular formula is C15H13FO3. The van der Waals surface area contributed by atoms with E-state index in [-0.39, 0.29) is 18.8 Å². The number of hydrogen-bond acceptors (Lipinski definition) is 3. The summed E-state index contributed by atoms with van der Waals surface area (Å²) in [4.78, 5) is 11.8. The Labute approximate surface area is 110 Å². The standard InChI is InChI=1S/C15H13FO3/c16-14-4-2-1-3-13(14)15(18)10-19-12-7-5-11(9-17)6-8-12/h1-8,17H,9-10H2. The van der Waals surface area contributed by atoms with Crippen molar-refractivity contribution in [1.29, 1.82) is 0 Å². The Balaban J connectivity index is 1.98. The molecule has 2 aromatic carbocycles. The van der Waals surface area contributed by atoms with E-state index in [1.165, 1.54) is 18.2 Å². The largest absolute Gasteiger partial charge is 0.485 e. The Morgan fingerprint density at radius 3 is 2.42 bits per heavy atom. The van der Waals surface area contributed by atoms with Crippen LogP contribution in [0.25, 0.3) is 0 Å². The second-order valence-corrected chi connectivity index (χ2v) is 3.99. The molecule has 0 atom stereocenters. The minimum Gasteiger partial charge on any atom is -0.485 e. The summed E-state index contributed by atoms with van der Waals surface area (Å²) in [5, 5.41) is 8.89. The van der Waals surface area contributed by atoms with Gasteiger partial charge in [-0.1, -0.05) is 24.3 Å². The first-order chi connectivity index (χ1) is 9.20. The lowest BCUT2D eigenvalue weighted by Gasteiger charge is -2.06. The summed E-state index contributed by atoms with van der Waals surface area (Å²) in [6.45, 7) is -0.270. The third kappa shape index (κ3) is 3.39. The van der Waals surface area contributed by atoms with E-state index in [0.717, 1.165) is 5.56 Å². The summed E-state index contributed by atoms with van der Waals surface area (Å²) >= 11 is 0. The van der Waals surface area contributed by atoms with Crippen LogP contribution in [0.4, 0.5) is 4.39 Å². The molecule has 19 heavy (non-hydrogen) atoms. The predicted molar refractivity (Wildman–Crippen MR) is 68.6 cm³/mol. The van der Waals surface area contributed by atoms with Crippen molar-refractivity contribution in [3.05, 3.63) is 65.5 Å². The number of carbonyl (C=O) groups excluding carboxylic acids is 1. The number of aliphatic hydroxyl groups excluding tert-OH is 1. The summed E-state index contributed by atoms with van der Waals surface area (Å²) in [6.07, 6.45) is 0. The fourth-order valence-electron chi connectivity index (χ4n) is 1.61. The number of benzene rings is 2. The summed E-state index contributed by atoms with van der Waals surface area (Å²) in [5.41, 5.74) is 0.780. The molecule has 2 aromatic rings. The lowest BCUT2D eigenvalue weighted by atomic mass is 10.1. The quantitative estimate of drug-likeness (QED) is 0.840. The highest BCUT2D eigenvalue weighted by molar-refractivity contribution is 5.97. The summed E-state index contributed by atoms with van der Waals surface area (Å²) in [6, 6.07) is 12.5. The van der Waals surface area contributed by atoms with Gasteiger partial charge in [-0.25, -0.2) is 4.39 Å². The van der Waals surface area contributed by atoms with Gasteiger partial charge >= 0.3 is 0 Å². The zero-order chi connectivity index (χ0) is 13.7. The fraction of sp³-hybridized carbons (Fsp3) is 0.133. The van der Waals surface area contributed by atoms with E-state index in [1.807, 2.05) is 0 Å². The van der Waals surface area contributed by atoms with Gasteiger partial charge in [-0.2, -0.15) is 0 Å². The summed E-state index contributed by atoms with van der Waals surface area (Å²) in [7, 11) is 0. The minimum atomic E-state index is -0.549. The number of carbonyl (C=O) groups is 1. The molecule has 98 valence electrons. The highest BCUT2D eigenvalue weighted by Gasteiger charge is 2.11. The molecule has 0 aliphatic carbocycles. The van der Waals surface area contributed by atoms with Crippen LogP contribution < -0.4 is 4.74 Å². The van der Waals surface area contributed by atoms with Gasteiger partial charge in [0.05, 0.1) is 12.2 Å². The molecule has 0 spiro atoms. The van der Waals surface area contributed by atoms with E-state index in [1.54, 1.807) is 30.3 Å². The molecule has 2 rings (SSSR count). The minimum absolute atomic E-state index is 0.0227. The number of rotatable bonds is 5. The third-order valence-corrected chi connectivity index (χ3v) is 2.65. The number of ketones is 1. The van der Waals surface area contributed by atoms with Gasteiger partial charge < -0.3 is 9.84 Å². The van der Waals surface area contributed by atoms with Crippen LogP contribution >= 0.6 is 0 Å². The van der Waals surface area contributed by atoms with E-state index < -0.39 is 11.6 Å². The topological polar surface area (TPSA) is 46.5 Å². The van der Waals surface area contributed by atoms with Crippen molar-refractivity contribution in [1.82, 2.24) is 0 Å². The SMILES string of the molecule is O=C(COc1ccc(CO)cc1)c1ccccc1F. The van der Waals surface area contributed by atoms with Crippen molar-refractivity contribution < 1.29 is 19.0 Å². The van der Waals surface area contributed by atoms with Crippen LogP contribution in [0.2, 0.25) is 0 Å². The second kappa shape index (κ2) is 6.11. The summed E-state index contributed by atoms with van der Waals surface area (Å²) < 4.78 is 18.6. The lowest BCUT2D eigenvalue weighted by Crippen LogP contribution is -2.13. The first kappa shape index (κ1) is 13.2. The van der Waals surface area contributed by atoms with Crippen LogP contribution in [0.15, 0.2) is 48.5 Å². The Bertz CT molecular complexity index is 564. The normalized spacial score (nSPS) is 10.2. The van der Waals surface area contributed by atoms with E-state index in [9.17, 15) is 9.18 Å².